The summed E-state index contributed by atoms with van der Waals surface area (Å²) in [5.41, 5.74) is -1.62. The minimum absolute atomic E-state index is 0.0333. The molecule has 29 heavy (non-hydrogen) atoms. The Labute approximate surface area is 177 Å². The molecule has 0 aromatic heterocycles. The first kappa shape index (κ1) is 21.4. The van der Waals surface area contributed by atoms with E-state index >= 15 is 0 Å². The topological polar surface area (TPSA) is 104 Å². The molecule has 0 amide bonds. The lowest BCUT2D eigenvalue weighted by molar-refractivity contribution is 0.0412. The zero-order chi connectivity index (χ0) is 21.5. The van der Waals surface area contributed by atoms with Gasteiger partial charge < -0.3 is 20.1 Å². The summed E-state index contributed by atoms with van der Waals surface area (Å²) < 4.78 is 5.20. The van der Waals surface area contributed by atoms with Gasteiger partial charge in [0.2, 0.25) is 5.78 Å². The Bertz CT molecular complexity index is 1000. The second-order valence-corrected chi connectivity index (χ2v) is 8.05. The monoisotopic (exact) mass is 438 g/mol. The molecule has 0 radical (unpaired) electrons. The van der Waals surface area contributed by atoms with Crippen LogP contribution in [0.1, 0.15) is 57.2 Å². The molecule has 2 aromatic carbocycles. The molecule has 0 heterocycles. The van der Waals surface area contributed by atoms with Gasteiger partial charge in [0.05, 0.1) is 29.4 Å². The number of benzene rings is 2. The third-order valence-electron chi connectivity index (χ3n) is 5.38. The van der Waals surface area contributed by atoms with Crippen LogP contribution < -0.4 is 4.74 Å². The molecule has 8 heteroatoms. The number of hydrogen-bond acceptors (Lipinski definition) is 6. The summed E-state index contributed by atoms with van der Waals surface area (Å²) >= 11 is 11.7. The predicted octanol–water partition coefficient (Wildman–Crippen LogP) is 3.76. The maximum Gasteiger partial charge on any atom is 0.202 e. The minimum Gasteiger partial charge on any atom is -0.507 e. The lowest BCUT2D eigenvalue weighted by Gasteiger charge is -2.28. The quantitative estimate of drug-likeness (QED) is 0.399. The van der Waals surface area contributed by atoms with Crippen LogP contribution in [0, 0.1) is 0 Å². The summed E-state index contributed by atoms with van der Waals surface area (Å²) in [5.74, 6) is -1.86. The number of aromatic hydroxyl groups is 2. The number of methoxy groups -OCH3 is 1. The Balaban J connectivity index is 2.11. The summed E-state index contributed by atoms with van der Waals surface area (Å²) in [6.45, 7) is 1.72. The largest absolute Gasteiger partial charge is 0.507 e. The van der Waals surface area contributed by atoms with Gasteiger partial charge in [0.25, 0.3) is 0 Å². The number of halogens is 2. The molecule has 1 unspecified atom stereocenters. The highest BCUT2D eigenvalue weighted by molar-refractivity contribution is 6.45. The van der Waals surface area contributed by atoms with Crippen LogP contribution in [0.15, 0.2) is 24.3 Å². The van der Waals surface area contributed by atoms with Crippen LogP contribution in [-0.2, 0) is 6.42 Å². The first-order valence-electron chi connectivity index (χ1n) is 9.01. The van der Waals surface area contributed by atoms with E-state index in [4.69, 9.17) is 27.9 Å². The first-order chi connectivity index (χ1) is 13.7. The molecule has 0 bridgehead atoms. The number of hydrogen-bond donors (Lipinski definition) is 3. The van der Waals surface area contributed by atoms with Gasteiger partial charge in [0.1, 0.15) is 22.1 Å². The fourth-order valence-corrected chi connectivity index (χ4v) is 4.06. The number of aryl methyl sites for hydroxylation is 1. The van der Waals surface area contributed by atoms with E-state index in [2.05, 4.69) is 0 Å². The summed E-state index contributed by atoms with van der Waals surface area (Å²) in [7, 11) is 1.37. The third-order valence-corrected chi connectivity index (χ3v) is 6.19. The predicted molar refractivity (Wildman–Crippen MR) is 109 cm³/mol. The molecule has 0 saturated carbocycles. The van der Waals surface area contributed by atoms with Crippen molar-refractivity contribution in [2.24, 2.45) is 0 Å². The zero-order valence-corrected chi connectivity index (χ0v) is 17.3. The fourth-order valence-electron chi connectivity index (χ4n) is 3.53. The van der Waals surface area contributed by atoms with Gasteiger partial charge in [-0.1, -0.05) is 19.1 Å². The van der Waals surface area contributed by atoms with Crippen molar-refractivity contribution in [3.8, 4) is 17.2 Å². The van der Waals surface area contributed by atoms with Crippen LogP contribution >= 0.6 is 23.2 Å². The average molecular weight is 439 g/mol. The number of ketones is 2. The van der Waals surface area contributed by atoms with Gasteiger partial charge in [-0.25, -0.2) is 0 Å². The van der Waals surface area contributed by atoms with Gasteiger partial charge >= 0.3 is 0 Å². The Morgan fingerprint density at radius 2 is 1.79 bits per heavy atom. The van der Waals surface area contributed by atoms with E-state index in [9.17, 15) is 24.9 Å². The van der Waals surface area contributed by atoms with E-state index < -0.39 is 33.5 Å². The van der Waals surface area contributed by atoms with Gasteiger partial charge in [-0.15, -0.1) is 23.2 Å². The van der Waals surface area contributed by atoms with E-state index in [0.29, 0.717) is 0 Å². The minimum atomic E-state index is -1.41. The lowest BCUT2D eigenvalue weighted by Crippen LogP contribution is -2.35. The molecule has 3 N–H and O–H groups in total. The average Bonchev–Trinajstić information content (AvgIpc) is 2.71. The summed E-state index contributed by atoms with van der Waals surface area (Å²) in [5, 5.41) is 31.7. The number of phenolic OH excluding ortho intramolecular Hbond substituents is 2. The lowest BCUT2D eigenvalue weighted by atomic mass is 9.81. The summed E-state index contributed by atoms with van der Waals surface area (Å²) in [6.07, 6.45) is 0.423. The number of rotatable bonds is 6. The van der Waals surface area contributed by atoms with Gasteiger partial charge in [-0.2, -0.15) is 0 Å². The van der Waals surface area contributed by atoms with Crippen molar-refractivity contribution < 1.29 is 29.6 Å². The maximum atomic E-state index is 13.1. The van der Waals surface area contributed by atoms with Crippen LogP contribution in [0.5, 0.6) is 17.2 Å². The van der Waals surface area contributed by atoms with Gasteiger partial charge in [0.15, 0.2) is 5.78 Å². The molecule has 1 aliphatic carbocycles. The van der Waals surface area contributed by atoms with Crippen LogP contribution in [0.4, 0.5) is 0 Å². The Kier molecular flexibility index (Phi) is 5.81. The number of carbonyl (C=O) groups is 2. The second-order valence-electron chi connectivity index (χ2n) is 6.95. The van der Waals surface area contributed by atoms with E-state index in [1.165, 1.54) is 25.3 Å². The smallest absolute Gasteiger partial charge is 0.202 e. The van der Waals surface area contributed by atoms with Crippen LogP contribution in [0.3, 0.4) is 0 Å². The van der Waals surface area contributed by atoms with Gasteiger partial charge in [-0.05, 0) is 37.0 Å². The van der Waals surface area contributed by atoms with Crippen molar-refractivity contribution in [3.05, 3.63) is 52.1 Å². The first-order valence-corrected chi connectivity index (χ1v) is 9.88. The van der Waals surface area contributed by atoms with Crippen molar-refractivity contribution in [2.45, 2.75) is 36.6 Å². The fraction of sp³-hybridized carbons (Fsp3) is 0.333. The van der Waals surface area contributed by atoms with E-state index in [1.54, 1.807) is 13.0 Å². The van der Waals surface area contributed by atoms with E-state index in [-0.39, 0.29) is 52.8 Å². The maximum absolute atomic E-state index is 13.1. The number of fused-ring (bicyclic) bond motifs is 2. The Hall–Kier alpha value is -2.28. The molecule has 0 saturated heterocycles. The van der Waals surface area contributed by atoms with Crippen LogP contribution in [0.2, 0.25) is 0 Å². The van der Waals surface area contributed by atoms with Crippen molar-refractivity contribution >= 4 is 34.8 Å². The SMILES string of the molecule is CCC(O)(CCc1cc(O)c2c(c1O)C(=O)c1c(OC)cccc1C2=O)C(Cl)Cl. The van der Waals surface area contributed by atoms with Gasteiger partial charge in [0, 0.05) is 5.56 Å². The molecule has 2 aromatic rings. The van der Waals surface area contributed by atoms with Gasteiger partial charge in [-0.3, -0.25) is 9.59 Å². The highest BCUT2D eigenvalue weighted by Gasteiger charge is 2.38. The highest BCUT2D eigenvalue weighted by atomic mass is 35.5. The zero-order valence-electron chi connectivity index (χ0n) is 15.8. The molecule has 1 aliphatic rings. The molecule has 154 valence electrons. The normalized spacial score (nSPS) is 15.1. The van der Waals surface area contributed by atoms with Crippen molar-refractivity contribution in [2.75, 3.05) is 7.11 Å². The molecular weight excluding hydrogens is 419 g/mol. The summed E-state index contributed by atoms with van der Waals surface area (Å²) in [4.78, 5) is 25.0. The number of aliphatic hydroxyl groups is 1. The van der Waals surface area contributed by atoms with Crippen LogP contribution in [0.25, 0.3) is 0 Å². The number of alkyl halides is 2. The molecule has 3 rings (SSSR count). The Morgan fingerprint density at radius 3 is 2.38 bits per heavy atom. The number of ether oxygens (including phenoxy) is 1. The molecule has 0 aliphatic heterocycles. The number of phenols is 2. The Morgan fingerprint density at radius 1 is 1.10 bits per heavy atom. The third kappa shape index (κ3) is 3.45. The van der Waals surface area contributed by atoms with Crippen LogP contribution in [-0.4, -0.2) is 44.4 Å². The molecule has 0 spiro atoms. The van der Waals surface area contributed by atoms with Crippen molar-refractivity contribution in [1.82, 2.24) is 0 Å². The second kappa shape index (κ2) is 7.86. The highest BCUT2D eigenvalue weighted by Crippen LogP contribution is 2.43. The van der Waals surface area contributed by atoms with E-state index in [1.807, 2.05) is 0 Å². The molecule has 1 atom stereocenters. The molecule has 0 fully saturated rings. The number of carbonyl (C=O) groups excluding carboxylic acids is 2. The van der Waals surface area contributed by atoms with Crippen molar-refractivity contribution in [3.63, 3.8) is 0 Å². The standard InChI is InChI=1S/C21H20Cl2O6/c1-3-21(28,20(22)23)8-7-10-9-12(24)15-16(17(10)25)19(27)14-11(18(15)26)5-4-6-13(14)29-2/h4-6,9,20,24-25,28H,3,7-8H2,1-2H3. The molecular formula is C21H20Cl2O6. The molecule has 6 nitrogen and oxygen atoms in total. The van der Waals surface area contributed by atoms with E-state index in [0.717, 1.165) is 0 Å². The van der Waals surface area contributed by atoms with Crippen molar-refractivity contribution in [1.29, 1.82) is 0 Å². The summed E-state index contributed by atoms with van der Waals surface area (Å²) in [6, 6.07) is 5.80.